The summed E-state index contributed by atoms with van der Waals surface area (Å²) in [6.45, 7) is 1.71. The molecule has 132 valence electrons. The molecule has 0 saturated heterocycles. The third-order valence-electron chi connectivity index (χ3n) is 3.60. The Morgan fingerprint density at radius 1 is 1.24 bits per heavy atom. The maximum absolute atomic E-state index is 12.2. The SMILES string of the molecule is CC(Nc1cc(CO)cc2ncnn12)c1ccc(OC(F)(F)F)cc1. The quantitative estimate of drug-likeness (QED) is 0.737. The molecule has 6 nitrogen and oxygen atoms in total. The molecule has 0 spiro atoms. The van der Waals surface area contributed by atoms with Crippen molar-refractivity contribution in [2.24, 2.45) is 0 Å². The van der Waals surface area contributed by atoms with E-state index < -0.39 is 6.36 Å². The molecule has 0 aliphatic carbocycles. The second-order valence-corrected chi connectivity index (χ2v) is 5.42. The molecule has 0 fully saturated rings. The Kier molecular flexibility index (Phi) is 4.49. The van der Waals surface area contributed by atoms with Crippen LogP contribution in [0.1, 0.15) is 24.1 Å². The molecule has 3 rings (SSSR count). The Labute approximate surface area is 140 Å². The summed E-state index contributed by atoms with van der Waals surface area (Å²) in [7, 11) is 0. The number of anilines is 1. The molecular formula is C16H15F3N4O2. The molecule has 0 bridgehead atoms. The molecule has 9 heteroatoms. The molecule has 3 aromatic rings. The first kappa shape index (κ1) is 17.0. The number of aliphatic hydroxyl groups is 1. The van der Waals surface area contributed by atoms with E-state index in [1.54, 1.807) is 28.8 Å². The second-order valence-electron chi connectivity index (χ2n) is 5.42. The average Bonchev–Trinajstić information content (AvgIpc) is 3.02. The van der Waals surface area contributed by atoms with E-state index >= 15 is 0 Å². The Morgan fingerprint density at radius 2 is 1.96 bits per heavy atom. The number of pyridine rings is 1. The van der Waals surface area contributed by atoms with Gasteiger partial charge in [-0.3, -0.25) is 0 Å². The molecule has 0 aliphatic heterocycles. The third-order valence-corrected chi connectivity index (χ3v) is 3.60. The molecule has 1 aromatic carbocycles. The molecule has 25 heavy (non-hydrogen) atoms. The summed E-state index contributed by atoms with van der Waals surface area (Å²) in [5, 5.41) is 16.7. The van der Waals surface area contributed by atoms with Crippen molar-refractivity contribution in [3.63, 3.8) is 0 Å². The summed E-state index contributed by atoms with van der Waals surface area (Å²) >= 11 is 0. The maximum atomic E-state index is 12.2. The minimum atomic E-state index is -4.71. The van der Waals surface area contributed by atoms with E-state index in [0.717, 1.165) is 5.56 Å². The number of rotatable bonds is 5. The highest BCUT2D eigenvalue weighted by atomic mass is 19.4. The van der Waals surface area contributed by atoms with E-state index in [2.05, 4.69) is 20.1 Å². The smallest absolute Gasteiger partial charge is 0.406 e. The highest BCUT2D eigenvalue weighted by Gasteiger charge is 2.31. The summed E-state index contributed by atoms with van der Waals surface area (Å²) in [5.41, 5.74) is 2.01. The molecule has 2 aromatic heterocycles. The standard InChI is InChI=1S/C16H15F3N4O2/c1-10(12-2-4-13(5-3-12)25-16(17,18)19)22-15-7-11(8-24)6-14-20-9-21-23(14)15/h2-7,9-10,22,24H,8H2,1H3. The van der Waals surface area contributed by atoms with Crippen LogP contribution >= 0.6 is 0 Å². The first-order valence-corrected chi connectivity index (χ1v) is 7.41. The van der Waals surface area contributed by atoms with Gasteiger partial charge in [0.05, 0.1) is 6.61 Å². The summed E-state index contributed by atoms with van der Waals surface area (Å²) < 4.78 is 42.1. The van der Waals surface area contributed by atoms with E-state index in [0.29, 0.717) is 17.0 Å². The number of alkyl halides is 3. The Hall–Kier alpha value is -2.81. The van der Waals surface area contributed by atoms with Crippen LogP contribution in [0, 0.1) is 0 Å². The lowest BCUT2D eigenvalue weighted by atomic mass is 10.1. The fourth-order valence-electron chi connectivity index (χ4n) is 2.44. The number of halogens is 3. The van der Waals surface area contributed by atoms with Gasteiger partial charge in [-0.05, 0) is 42.3 Å². The summed E-state index contributed by atoms with van der Waals surface area (Å²) in [6, 6.07) is 8.85. The fourth-order valence-corrected chi connectivity index (χ4v) is 2.44. The van der Waals surface area contributed by atoms with E-state index in [9.17, 15) is 18.3 Å². The third kappa shape index (κ3) is 4.00. The zero-order valence-electron chi connectivity index (χ0n) is 13.2. The van der Waals surface area contributed by atoms with Crippen molar-refractivity contribution >= 4 is 11.5 Å². The molecule has 0 aliphatic rings. The summed E-state index contributed by atoms with van der Waals surface area (Å²) in [4.78, 5) is 4.09. The minimum Gasteiger partial charge on any atom is -0.406 e. The van der Waals surface area contributed by atoms with Crippen molar-refractivity contribution in [3.8, 4) is 5.75 Å². The number of benzene rings is 1. The van der Waals surface area contributed by atoms with Crippen LogP contribution in [0.15, 0.2) is 42.7 Å². The molecule has 2 N–H and O–H groups in total. The van der Waals surface area contributed by atoms with Crippen LogP contribution in [0.5, 0.6) is 5.75 Å². The van der Waals surface area contributed by atoms with Crippen molar-refractivity contribution < 1.29 is 23.0 Å². The first-order valence-electron chi connectivity index (χ1n) is 7.41. The van der Waals surface area contributed by atoms with Crippen LogP contribution in [0.4, 0.5) is 19.0 Å². The molecule has 0 radical (unpaired) electrons. The van der Waals surface area contributed by atoms with Gasteiger partial charge in [0.25, 0.3) is 0 Å². The van der Waals surface area contributed by atoms with Gasteiger partial charge in [-0.15, -0.1) is 13.2 Å². The van der Waals surface area contributed by atoms with E-state index in [-0.39, 0.29) is 18.4 Å². The first-order chi connectivity index (χ1) is 11.9. The summed E-state index contributed by atoms with van der Waals surface area (Å²) in [5.74, 6) is 0.339. The van der Waals surface area contributed by atoms with Crippen LogP contribution in [-0.2, 0) is 6.61 Å². The lowest BCUT2D eigenvalue weighted by Gasteiger charge is -2.17. The van der Waals surface area contributed by atoms with E-state index in [1.807, 2.05) is 6.92 Å². The average molecular weight is 352 g/mol. The van der Waals surface area contributed by atoms with Gasteiger partial charge >= 0.3 is 6.36 Å². The molecule has 2 heterocycles. The largest absolute Gasteiger partial charge is 0.573 e. The van der Waals surface area contributed by atoms with Gasteiger partial charge in [-0.25, -0.2) is 4.98 Å². The number of hydrogen-bond acceptors (Lipinski definition) is 5. The Balaban J connectivity index is 1.80. The number of nitrogens with zero attached hydrogens (tertiary/aromatic N) is 3. The molecule has 0 amide bonds. The fraction of sp³-hybridized carbons (Fsp3) is 0.250. The highest BCUT2D eigenvalue weighted by molar-refractivity contribution is 5.52. The minimum absolute atomic E-state index is 0.143. The van der Waals surface area contributed by atoms with Crippen LogP contribution in [0.3, 0.4) is 0 Å². The summed E-state index contributed by atoms with van der Waals surface area (Å²) in [6.07, 6.45) is -3.32. The number of hydrogen-bond donors (Lipinski definition) is 2. The van der Waals surface area contributed by atoms with Gasteiger partial charge in [0, 0.05) is 6.04 Å². The van der Waals surface area contributed by atoms with Gasteiger partial charge in [0.2, 0.25) is 0 Å². The van der Waals surface area contributed by atoms with Gasteiger partial charge in [-0.2, -0.15) is 9.61 Å². The van der Waals surface area contributed by atoms with Crippen LogP contribution < -0.4 is 10.1 Å². The van der Waals surface area contributed by atoms with Crippen LogP contribution in [-0.4, -0.2) is 26.1 Å². The molecule has 0 saturated carbocycles. The van der Waals surface area contributed by atoms with Crippen LogP contribution in [0.2, 0.25) is 0 Å². The number of nitrogens with one attached hydrogen (secondary N) is 1. The van der Waals surface area contributed by atoms with Crippen molar-refractivity contribution in [3.05, 3.63) is 53.9 Å². The highest BCUT2D eigenvalue weighted by Crippen LogP contribution is 2.26. The van der Waals surface area contributed by atoms with Crippen LogP contribution in [0.25, 0.3) is 5.65 Å². The number of aliphatic hydroxyl groups excluding tert-OH is 1. The van der Waals surface area contributed by atoms with E-state index in [1.165, 1.54) is 18.5 Å². The van der Waals surface area contributed by atoms with Crippen molar-refractivity contribution in [1.29, 1.82) is 0 Å². The normalized spacial score (nSPS) is 13.0. The van der Waals surface area contributed by atoms with Gasteiger partial charge < -0.3 is 15.2 Å². The predicted octanol–water partition coefficient (Wildman–Crippen LogP) is 3.29. The number of ether oxygens (including phenoxy) is 1. The van der Waals surface area contributed by atoms with Crippen molar-refractivity contribution in [2.45, 2.75) is 25.9 Å². The zero-order chi connectivity index (χ0) is 18.0. The lowest BCUT2D eigenvalue weighted by Crippen LogP contribution is -2.17. The van der Waals surface area contributed by atoms with Gasteiger partial charge in [0.1, 0.15) is 17.9 Å². The monoisotopic (exact) mass is 352 g/mol. The predicted molar refractivity (Wildman–Crippen MR) is 84.1 cm³/mol. The molecule has 1 atom stereocenters. The number of aromatic nitrogens is 3. The maximum Gasteiger partial charge on any atom is 0.573 e. The van der Waals surface area contributed by atoms with E-state index in [4.69, 9.17) is 0 Å². The van der Waals surface area contributed by atoms with Crippen molar-refractivity contribution in [2.75, 3.05) is 5.32 Å². The zero-order valence-corrected chi connectivity index (χ0v) is 13.2. The van der Waals surface area contributed by atoms with Gasteiger partial charge in [0.15, 0.2) is 5.65 Å². The molecular weight excluding hydrogens is 337 g/mol. The number of fused-ring (bicyclic) bond motifs is 1. The topological polar surface area (TPSA) is 71.7 Å². The van der Waals surface area contributed by atoms with Crippen molar-refractivity contribution in [1.82, 2.24) is 14.6 Å². The Morgan fingerprint density at radius 3 is 2.60 bits per heavy atom. The Bertz CT molecular complexity index is 862. The van der Waals surface area contributed by atoms with Gasteiger partial charge in [-0.1, -0.05) is 12.1 Å². The lowest BCUT2D eigenvalue weighted by molar-refractivity contribution is -0.274. The second kappa shape index (κ2) is 6.60. The molecule has 1 unspecified atom stereocenters.